The molecule has 13 atom stereocenters. The summed E-state index contributed by atoms with van der Waals surface area (Å²) in [5.74, 6) is -0.442. The van der Waals surface area contributed by atoms with Crippen LogP contribution in [0.25, 0.3) is 0 Å². The van der Waals surface area contributed by atoms with Crippen molar-refractivity contribution in [2.45, 2.75) is 119 Å². The summed E-state index contributed by atoms with van der Waals surface area (Å²) < 4.78 is 34.2. The van der Waals surface area contributed by atoms with E-state index in [4.69, 9.17) is 43.0 Å². The van der Waals surface area contributed by atoms with Crippen molar-refractivity contribution in [1.29, 1.82) is 5.26 Å². The zero-order valence-electron chi connectivity index (χ0n) is 46.7. The highest BCUT2D eigenvalue weighted by atomic mass is 31.2. The van der Waals surface area contributed by atoms with Gasteiger partial charge in [0.05, 0.1) is 38.7 Å². The molecule has 444 valence electrons. The number of aliphatic hydroxyl groups is 2. The fourth-order valence-electron chi connectivity index (χ4n) is 11.0. The number of hydrogen-bond donors (Lipinski definition) is 5. The number of carbonyl (C=O) groups is 2. The molecule has 29 heteroatoms. The number of H-pyrrole nitrogens is 1. The third-order valence-electron chi connectivity index (χ3n) is 15.2. The molecule has 28 nitrogen and oxygen atoms in total. The first-order valence-electron chi connectivity index (χ1n) is 26.9. The maximum Gasteiger partial charge on any atom is 0.351 e. The van der Waals surface area contributed by atoms with Gasteiger partial charge in [-0.1, -0.05) is 57.2 Å². The number of hydrogen-bond acceptors (Lipinski definition) is 22. The molecule has 0 saturated carbocycles. The quantitative estimate of drug-likeness (QED) is 0.0741. The van der Waals surface area contributed by atoms with Gasteiger partial charge >= 0.3 is 17.1 Å². The van der Waals surface area contributed by atoms with Crippen LogP contribution in [-0.2, 0) is 37.8 Å². The molecule has 83 heavy (non-hydrogen) atoms. The first kappa shape index (κ1) is 60.8. The van der Waals surface area contributed by atoms with E-state index < -0.39 is 103 Å². The largest absolute Gasteiger partial charge is 0.387 e. The summed E-state index contributed by atoms with van der Waals surface area (Å²) >= 11 is 0. The van der Waals surface area contributed by atoms with Crippen molar-refractivity contribution >= 4 is 31.8 Å². The maximum absolute atomic E-state index is 13.0. The van der Waals surface area contributed by atoms with Crippen molar-refractivity contribution in [3.8, 4) is 6.07 Å². The number of aromatic amines is 1. The normalized spacial score (nSPS) is 30.2. The van der Waals surface area contributed by atoms with E-state index in [1.807, 2.05) is 45.6 Å². The van der Waals surface area contributed by atoms with Crippen LogP contribution in [0, 0.1) is 11.3 Å². The van der Waals surface area contributed by atoms with Crippen LogP contribution in [-0.4, -0.2) is 173 Å². The lowest BCUT2D eigenvalue weighted by atomic mass is 9.91. The van der Waals surface area contributed by atoms with Crippen LogP contribution in [0.15, 0.2) is 117 Å². The number of nitrogens with zero attached hydrogens (tertiary/aromatic N) is 9. The minimum Gasteiger partial charge on any atom is -0.387 e. The Labute approximate surface area is 476 Å². The monoisotopic (exact) mass is 1170 g/mol. The molecule has 6 bridgehead atoms. The van der Waals surface area contributed by atoms with Crippen molar-refractivity contribution in [2.24, 2.45) is 0 Å². The fraction of sp³-hybridized carbons (Fsp3) is 0.500. The molecule has 2 amide bonds. The van der Waals surface area contributed by atoms with E-state index in [-0.39, 0.29) is 36.5 Å². The average molecular weight is 1170 g/mol. The Morgan fingerprint density at radius 3 is 1.53 bits per heavy atom. The number of ether oxygens (including phenoxy) is 3. The summed E-state index contributed by atoms with van der Waals surface area (Å²) in [4.78, 5) is 101. The number of benzene rings is 2. The van der Waals surface area contributed by atoms with E-state index in [0.717, 1.165) is 0 Å². The van der Waals surface area contributed by atoms with Crippen LogP contribution >= 0.6 is 8.38 Å². The van der Waals surface area contributed by atoms with Gasteiger partial charge in [-0.2, -0.15) is 30.4 Å². The number of fused-ring (bicyclic) bond motifs is 6. The zero-order chi connectivity index (χ0) is 59.4. The second-order valence-corrected chi connectivity index (χ2v) is 22.0. The van der Waals surface area contributed by atoms with E-state index in [2.05, 4.69) is 25.6 Å². The van der Waals surface area contributed by atoms with Gasteiger partial charge in [-0.15, -0.1) is 0 Å². The highest BCUT2D eigenvalue weighted by molar-refractivity contribution is 7.46. The van der Waals surface area contributed by atoms with E-state index in [1.54, 1.807) is 90.9 Å². The summed E-state index contributed by atoms with van der Waals surface area (Å²) in [6, 6.07) is 23.7. The number of likely N-dealkylation sites (N-methyl/N-ethyl adjacent to an activating group) is 3. The molecule has 0 spiro atoms. The Balaban J connectivity index is 0.000000155. The van der Waals surface area contributed by atoms with Crippen LogP contribution in [0.4, 0.5) is 11.6 Å². The topological polar surface area (TPSA) is 331 Å². The van der Waals surface area contributed by atoms with Gasteiger partial charge in [0, 0.05) is 63.6 Å². The number of aromatic nitrogens is 6. The van der Waals surface area contributed by atoms with E-state index >= 15 is 0 Å². The van der Waals surface area contributed by atoms with Crippen LogP contribution in [0.3, 0.4) is 0 Å². The summed E-state index contributed by atoms with van der Waals surface area (Å²) in [7, 11) is 4.03. The van der Waals surface area contributed by atoms with Crippen molar-refractivity contribution in [2.75, 3.05) is 64.7 Å². The minimum absolute atomic E-state index is 0.139. The smallest absolute Gasteiger partial charge is 0.351 e. The van der Waals surface area contributed by atoms with Gasteiger partial charge in [0.1, 0.15) is 46.8 Å². The Kier molecular flexibility index (Phi) is 18.8. The van der Waals surface area contributed by atoms with Gasteiger partial charge < -0.3 is 44.1 Å². The number of rotatable bonds is 15. The number of carbonyl (C=O) groups excluding carboxylic acids is 2. The first-order valence-corrected chi connectivity index (χ1v) is 28.6. The van der Waals surface area contributed by atoms with Crippen molar-refractivity contribution in [3.05, 3.63) is 150 Å². The van der Waals surface area contributed by atoms with Crippen LogP contribution < -0.4 is 33.3 Å². The molecule has 3 aromatic heterocycles. The number of anilines is 2. The van der Waals surface area contributed by atoms with E-state index in [0.29, 0.717) is 50.0 Å². The molecule has 5 N–H and O–H groups in total. The molecule has 11 rings (SSSR count). The summed E-state index contributed by atoms with van der Waals surface area (Å²) in [6.07, 6.45) is -0.132. The molecular formula is C54H67N12O16P. The summed E-state index contributed by atoms with van der Waals surface area (Å²) in [6.45, 7) is 9.17. The van der Waals surface area contributed by atoms with E-state index in [9.17, 15) is 39.0 Å². The van der Waals surface area contributed by atoms with Gasteiger partial charge in [0.2, 0.25) is 0 Å². The number of amides is 2. The molecule has 6 aliphatic rings. The Bertz CT molecular complexity index is 3390. The predicted molar refractivity (Wildman–Crippen MR) is 295 cm³/mol. The van der Waals surface area contributed by atoms with Crippen LogP contribution in [0.5, 0.6) is 0 Å². The van der Waals surface area contributed by atoms with Crippen molar-refractivity contribution in [3.63, 3.8) is 0 Å². The average Bonchev–Trinajstić information content (AvgIpc) is 2.37. The second-order valence-electron chi connectivity index (χ2n) is 20.6. The molecule has 0 radical (unpaired) electrons. The van der Waals surface area contributed by atoms with Gasteiger partial charge in [0.15, 0.2) is 45.4 Å². The molecule has 1 unspecified atom stereocenters. The molecule has 6 fully saturated rings. The second kappa shape index (κ2) is 25.6. The number of hydroxylamine groups is 6. The predicted octanol–water partition coefficient (Wildman–Crippen LogP) is 2.28. The lowest BCUT2D eigenvalue weighted by molar-refractivity contribution is -0.252. The highest BCUT2D eigenvalue weighted by Gasteiger charge is 2.63. The third kappa shape index (κ3) is 12.7. The lowest BCUT2D eigenvalue weighted by Crippen LogP contribution is -2.57. The van der Waals surface area contributed by atoms with Crippen LogP contribution in [0.1, 0.15) is 85.9 Å². The number of aliphatic hydroxyl groups excluding tert-OH is 2. The Morgan fingerprint density at radius 1 is 0.663 bits per heavy atom. The number of nitriles is 1. The maximum atomic E-state index is 13.0. The highest BCUT2D eigenvalue weighted by Crippen LogP contribution is 2.51. The van der Waals surface area contributed by atoms with Gasteiger partial charge in [-0.05, 0) is 55.7 Å². The van der Waals surface area contributed by atoms with Crippen molar-refractivity contribution in [1.82, 2.24) is 43.8 Å². The minimum atomic E-state index is -1.29. The van der Waals surface area contributed by atoms with Crippen molar-refractivity contribution < 1.29 is 57.6 Å². The van der Waals surface area contributed by atoms with Gasteiger partial charge in [-0.3, -0.25) is 47.6 Å². The molecular weight excluding hydrogens is 1100 g/mol. The summed E-state index contributed by atoms with van der Waals surface area (Å²) in [5, 5.41) is 39.9. The number of nitrogens with one attached hydrogen (secondary N) is 3. The molecule has 6 saturated heterocycles. The lowest BCUT2D eigenvalue weighted by Gasteiger charge is -2.42. The zero-order valence-corrected chi connectivity index (χ0v) is 47.6. The molecule has 9 heterocycles. The van der Waals surface area contributed by atoms with E-state index in [1.165, 1.54) is 44.4 Å². The summed E-state index contributed by atoms with van der Waals surface area (Å²) in [5.41, 5.74) is -3.62. The SMILES string of the molecule is CC[C@@]12CN(C)O[C@@H]([C@H](n3ccc(=O)[nH]c3=O)O1)[C@@H]2O.CC[C@@]12CN(C)O[C@@H]([C@H](n3ccc(NC(=O)c4ccccc4)nc3=O)O1)[C@@H]2O.CC[C@@]12CN(C)O[C@@H]([C@H](n3ccc(NC(=O)c4ccccc4)nc3=O)O1)[C@@H]2OP(C)OCCC#N. The fourth-order valence-corrected chi connectivity index (χ4v) is 12.1. The van der Waals surface area contributed by atoms with Crippen LogP contribution in [0.2, 0.25) is 0 Å². The molecule has 2 aromatic carbocycles. The van der Waals surface area contributed by atoms with Gasteiger partial charge in [0.25, 0.3) is 17.4 Å². The standard InChI is InChI=1S/C23H28N5O6P.C19H22N4O5.C12H17N3O5/c1-4-23-15-27(2)33-18(19(23)34-35(3)31-14-8-12-24)21(32-23)28-13-11-17(26-22(28)30)25-20(29)16-9-6-5-7-10-16;1-3-19-11-22(2)28-14(15(19)24)17(27-19)23-10-9-13(21-18(23)26)20-16(25)12-7-5-4-6-8-12;1-3-12-6-14(2)20-8(9(12)17)10(19-12)15-5-4-7(16)13-11(15)18/h5-7,9-11,13,18-19,21H,4,8,14-15H2,1-3H3,(H,25,26,29,30);4-10,14-15,17,24H,3,11H2,1-2H3,(H,20,21,25,26);4-5,8-10,17H,3,6H2,1-2H3,(H,13,16,18)/t18-,19+,21-,23+,35?;14-,15+,17-,19+;8-,9+,10-,12+/m111/s1. The molecule has 6 aliphatic heterocycles. The Morgan fingerprint density at radius 2 is 1.08 bits per heavy atom. The first-order chi connectivity index (χ1) is 39.8. The third-order valence-corrected chi connectivity index (χ3v) is 16.3. The Hall–Kier alpha value is -6.78. The van der Waals surface area contributed by atoms with Gasteiger partial charge in [-0.25, -0.2) is 14.4 Å². The molecule has 0 aliphatic carbocycles. The molecule has 5 aromatic rings.